The second-order valence-corrected chi connectivity index (χ2v) is 3.63. The van der Waals surface area contributed by atoms with E-state index in [0.717, 1.165) is 11.1 Å². The van der Waals surface area contributed by atoms with Gasteiger partial charge in [-0.3, -0.25) is 0 Å². The number of benzene rings is 2. The molecule has 0 unspecified atom stereocenters. The van der Waals surface area contributed by atoms with Crippen LogP contribution in [0.15, 0.2) is 48.5 Å². The average molecular weight is 210 g/mol. The van der Waals surface area contributed by atoms with Gasteiger partial charge < -0.3 is 0 Å². The third-order valence-electron chi connectivity index (χ3n) is 2.17. The van der Waals surface area contributed by atoms with Gasteiger partial charge in [0, 0.05) is 11.1 Å². The van der Waals surface area contributed by atoms with Gasteiger partial charge >= 0.3 is 0 Å². The second-order valence-electron chi connectivity index (χ2n) is 3.63. The lowest BCUT2D eigenvalue weighted by Crippen LogP contribution is -1.82. The number of halogens is 1. The zero-order valence-corrected chi connectivity index (χ0v) is 9.00. The SMILES string of the molecule is Cc1cc(F)cc(C#Cc2ccccc2)c1. The monoisotopic (exact) mass is 210 g/mol. The van der Waals surface area contributed by atoms with Crippen molar-refractivity contribution in [1.29, 1.82) is 0 Å². The normalized spacial score (nSPS) is 9.38. The van der Waals surface area contributed by atoms with Crippen molar-refractivity contribution in [2.45, 2.75) is 6.92 Å². The lowest BCUT2D eigenvalue weighted by molar-refractivity contribution is 0.626. The van der Waals surface area contributed by atoms with Gasteiger partial charge in [0.1, 0.15) is 5.82 Å². The molecule has 78 valence electrons. The summed E-state index contributed by atoms with van der Waals surface area (Å²) in [6.45, 7) is 1.86. The van der Waals surface area contributed by atoms with Gasteiger partial charge in [0.25, 0.3) is 0 Å². The first-order valence-corrected chi connectivity index (χ1v) is 5.08. The molecular formula is C15H11F. The molecule has 0 bridgehead atoms. The second kappa shape index (κ2) is 4.63. The van der Waals surface area contributed by atoms with E-state index in [9.17, 15) is 4.39 Å². The quantitative estimate of drug-likeness (QED) is 0.583. The van der Waals surface area contributed by atoms with Crippen LogP contribution in [-0.2, 0) is 0 Å². The van der Waals surface area contributed by atoms with Crippen LogP contribution in [0, 0.1) is 24.6 Å². The van der Waals surface area contributed by atoms with Gasteiger partial charge in [0.2, 0.25) is 0 Å². The van der Waals surface area contributed by atoms with Crippen molar-refractivity contribution in [1.82, 2.24) is 0 Å². The van der Waals surface area contributed by atoms with E-state index in [1.807, 2.05) is 43.3 Å². The highest BCUT2D eigenvalue weighted by Crippen LogP contribution is 2.07. The first kappa shape index (κ1) is 10.4. The van der Waals surface area contributed by atoms with Crippen molar-refractivity contribution < 1.29 is 4.39 Å². The van der Waals surface area contributed by atoms with Crippen LogP contribution in [0.3, 0.4) is 0 Å². The Morgan fingerprint density at radius 2 is 1.56 bits per heavy atom. The van der Waals surface area contributed by atoms with E-state index >= 15 is 0 Å². The topological polar surface area (TPSA) is 0 Å². The molecule has 0 aliphatic rings. The summed E-state index contributed by atoms with van der Waals surface area (Å²) in [6, 6.07) is 14.5. The zero-order valence-electron chi connectivity index (χ0n) is 9.00. The first-order chi connectivity index (χ1) is 7.74. The molecule has 0 radical (unpaired) electrons. The minimum atomic E-state index is -0.239. The molecule has 0 fully saturated rings. The summed E-state index contributed by atoms with van der Waals surface area (Å²) in [7, 11) is 0. The van der Waals surface area contributed by atoms with Crippen LogP contribution in [0.2, 0.25) is 0 Å². The fraction of sp³-hybridized carbons (Fsp3) is 0.0667. The lowest BCUT2D eigenvalue weighted by Gasteiger charge is -1.95. The minimum Gasteiger partial charge on any atom is -0.207 e. The molecule has 0 aliphatic carbocycles. The third-order valence-corrected chi connectivity index (χ3v) is 2.17. The van der Waals surface area contributed by atoms with Crippen LogP contribution >= 0.6 is 0 Å². The number of rotatable bonds is 0. The maximum absolute atomic E-state index is 13.1. The van der Waals surface area contributed by atoms with Gasteiger partial charge in [0.05, 0.1) is 0 Å². The summed E-state index contributed by atoms with van der Waals surface area (Å²) in [6.07, 6.45) is 0. The highest BCUT2D eigenvalue weighted by molar-refractivity contribution is 5.43. The summed E-state index contributed by atoms with van der Waals surface area (Å²) in [5, 5.41) is 0. The fourth-order valence-corrected chi connectivity index (χ4v) is 1.47. The smallest absolute Gasteiger partial charge is 0.124 e. The Kier molecular flexibility index (Phi) is 3.03. The molecule has 0 heterocycles. The molecule has 2 aromatic carbocycles. The summed E-state index contributed by atoms with van der Waals surface area (Å²) >= 11 is 0. The Morgan fingerprint density at radius 1 is 0.875 bits per heavy atom. The van der Waals surface area contributed by atoms with Crippen LogP contribution in [0.5, 0.6) is 0 Å². The maximum atomic E-state index is 13.1. The van der Waals surface area contributed by atoms with Crippen molar-refractivity contribution in [3.8, 4) is 11.8 Å². The van der Waals surface area contributed by atoms with Gasteiger partial charge in [-0.25, -0.2) is 4.39 Å². The lowest BCUT2D eigenvalue weighted by atomic mass is 10.1. The molecule has 0 atom stereocenters. The van der Waals surface area contributed by atoms with Crippen LogP contribution in [0.4, 0.5) is 4.39 Å². The highest BCUT2D eigenvalue weighted by Gasteiger charge is 1.94. The molecule has 1 heteroatoms. The Labute approximate surface area is 94.7 Å². The van der Waals surface area contributed by atoms with Crippen molar-refractivity contribution in [2.75, 3.05) is 0 Å². The molecule has 0 amide bonds. The predicted molar refractivity (Wildman–Crippen MR) is 63.6 cm³/mol. The molecule has 0 saturated heterocycles. The molecule has 2 aromatic rings. The zero-order chi connectivity index (χ0) is 11.4. The largest absolute Gasteiger partial charge is 0.207 e. The fourth-order valence-electron chi connectivity index (χ4n) is 1.47. The van der Waals surface area contributed by atoms with Gasteiger partial charge in [-0.15, -0.1) is 0 Å². The van der Waals surface area contributed by atoms with Crippen LogP contribution in [-0.4, -0.2) is 0 Å². The number of hydrogen-bond acceptors (Lipinski definition) is 0. The summed E-state index contributed by atoms with van der Waals surface area (Å²) in [5.74, 6) is 5.71. The predicted octanol–water partition coefficient (Wildman–Crippen LogP) is 3.53. The van der Waals surface area contributed by atoms with Crippen molar-refractivity contribution in [3.05, 3.63) is 71.0 Å². The van der Waals surface area contributed by atoms with E-state index in [-0.39, 0.29) is 5.82 Å². The molecule has 0 saturated carbocycles. The Balaban J connectivity index is 2.31. The summed E-state index contributed by atoms with van der Waals surface area (Å²) in [4.78, 5) is 0. The van der Waals surface area contributed by atoms with Gasteiger partial charge in [-0.2, -0.15) is 0 Å². The summed E-state index contributed by atoms with van der Waals surface area (Å²) in [5.41, 5.74) is 2.53. The van der Waals surface area contributed by atoms with Crippen LogP contribution < -0.4 is 0 Å². The third kappa shape index (κ3) is 2.71. The first-order valence-electron chi connectivity index (χ1n) is 5.08. The summed E-state index contributed by atoms with van der Waals surface area (Å²) < 4.78 is 13.1. The number of aryl methyl sites for hydroxylation is 1. The van der Waals surface area contributed by atoms with E-state index < -0.39 is 0 Å². The Morgan fingerprint density at radius 3 is 2.25 bits per heavy atom. The van der Waals surface area contributed by atoms with Gasteiger partial charge in [-0.05, 0) is 42.8 Å². The van der Waals surface area contributed by atoms with Crippen LogP contribution in [0.1, 0.15) is 16.7 Å². The highest BCUT2D eigenvalue weighted by atomic mass is 19.1. The minimum absolute atomic E-state index is 0.239. The van der Waals surface area contributed by atoms with Crippen molar-refractivity contribution in [2.24, 2.45) is 0 Å². The van der Waals surface area contributed by atoms with Crippen molar-refractivity contribution in [3.63, 3.8) is 0 Å². The Hall–Kier alpha value is -2.07. The van der Waals surface area contributed by atoms with Crippen LogP contribution in [0.25, 0.3) is 0 Å². The molecule has 16 heavy (non-hydrogen) atoms. The van der Waals surface area contributed by atoms with E-state index in [4.69, 9.17) is 0 Å². The van der Waals surface area contributed by atoms with E-state index in [0.29, 0.717) is 5.56 Å². The maximum Gasteiger partial charge on any atom is 0.124 e. The molecule has 0 N–H and O–H groups in total. The van der Waals surface area contributed by atoms with E-state index in [1.54, 1.807) is 0 Å². The van der Waals surface area contributed by atoms with Gasteiger partial charge in [0.15, 0.2) is 0 Å². The molecule has 0 nitrogen and oxygen atoms in total. The molecule has 0 aromatic heterocycles. The van der Waals surface area contributed by atoms with E-state index in [2.05, 4.69) is 11.8 Å². The average Bonchev–Trinajstić information content (AvgIpc) is 2.27. The molecule has 0 spiro atoms. The molecule has 2 rings (SSSR count). The van der Waals surface area contributed by atoms with E-state index in [1.165, 1.54) is 12.1 Å². The standard InChI is InChI=1S/C15H11F/c1-12-9-14(11-15(16)10-12)8-7-13-5-3-2-4-6-13/h2-6,9-11H,1H3. The Bertz CT molecular complexity index is 524. The molecule has 0 aliphatic heterocycles. The van der Waals surface area contributed by atoms with Crippen molar-refractivity contribution >= 4 is 0 Å². The molecular weight excluding hydrogens is 199 g/mol. The van der Waals surface area contributed by atoms with Gasteiger partial charge in [-0.1, -0.05) is 30.0 Å². The number of hydrogen-bond donors (Lipinski definition) is 0.